The smallest absolute Gasteiger partial charge is 0.270 e. The Morgan fingerprint density at radius 2 is 1.64 bits per heavy atom. The number of halogens is 1. The summed E-state index contributed by atoms with van der Waals surface area (Å²) in [5.74, 6) is -1.12. The Hall–Kier alpha value is -3.46. The van der Waals surface area contributed by atoms with E-state index in [0.29, 0.717) is 17.8 Å². The number of amides is 3. The number of carbonyl (C=O) groups is 3. The summed E-state index contributed by atoms with van der Waals surface area (Å²) < 4.78 is 0. The molecule has 0 radical (unpaired) electrons. The highest BCUT2D eigenvalue weighted by Crippen LogP contribution is 2.23. The van der Waals surface area contributed by atoms with E-state index in [4.69, 9.17) is 11.6 Å². The van der Waals surface area contributed by atoms with E-state index in [1.165, 1.54) is 43.3 Å². The van der Waals surface area contributed by atoms with Gasteiger partial charge in [0, 0.05) is 43.4 Å². The van der Waals surface area contributed by atoms with Crippen LogP contribution in [0.3, 0.4) is 0 Å². The van der Waals surface area contributed by atoms with Crippen LogP contribution in [0.1, 0.15) is 27.6 Å². The van der Waals surface area contributed by atoms with E-state index < -0.39 is 10.8 Å². The number of anilines is 1. The van der Waals surface area contributed by atoms with E-state index in [9.17, 15) is 24.5 Å². The van der Waals surface area contributed by atoms with Crippen molar-refractivity contribution in [3.8, 4) is 0 Å². The first-order valence-corrected chi connectivity index (χ1v) is 8.53. The van der Waals surface area contributed by atoms with Crippen molar-refractivity contribution in [2.24, 2.45) is 0 Å². The molecule has 146 valence electrons. The van der Waals surface area contributed by atoms with Gasteiger partial charge in [-0.3, -0.25) is 24.5 Å². The number of nitro groups is 1. The van der Waals surface area contributed by atoms with Gasteiger partial charge in [-0.2, -0.15) is 0 Å². The Labute approximate surface area is 165 Å². The van der Waals surface area contributed by atoms with Gasteiger partial charge in [0.1, 0.15) is 0 Å². The van der Waals surface area contributed by atoms with Crippen molar-refractivity contribution in [1.82, 2.24) is 10.6 Å². The normalized spacial score (nSPS) is 10.1. The van der Waals surface area contributed by atoms with Crippen LogP contribution in [0.4, 0.5) is 11.4 Å². The van der Waals surface area contributed by atoms with Crippen molar-refractivity contribution in [1.29, 1.82) is 0 Å². The average Bonchev–Trinajstić information content (AvgIpc) is 2.65. The maximum Gasteiger partial charge on any atom is 0.270 e. The van der Waals surface area contributed by atoms with Crippen molar-refractivity contribution in [3.63, 3.8) is 0 Å². The lowest BCUT2D eigenvalue weighted by Gasteiger charge is -2.09. The predicted molar refractivity (Wildman–Crippen MR) is 104 cm³/mol. The summed E-state index contributed by atoms with van der Waals surface area (Å²) in [6.07, 6.45) is 0. The first-order valence-electron chi connectivity index (χ1n) is 8.16. The molecule has 0 fully saturated rings. The Morgan fingerprint density at radius 1 is 1.00 bits per heavy atom. The van der Waals surface area contributed by atoms with Crippen LogP contribution >= 0.6 is 11.6 Å². The molecule has 2 aromatic carbocycles. The molecule has 0 aliphatic rings. The van der Waals surface area contributed by atoms with Crippen LogP contribution in [-0.4, -0.2) is 35.7 Å². The predicted octanol–water partition coefficient (Wildman–Crippen LogP) is 2.37. The van der Waals surface area contributed by atoms with E-state index in [2.05, 4.69) is 16.0 Å². The largest absolute Gasteiger partial charge is 0.355 e. The van der Waals surface area contributed by atoms with Gasteiger partial charge in [-0.15, -0.1) is 0 Å². The molecule has 0 heterocycles. The Kier molecular flexibility index (Phi) is 7.05. The summed E-state index contributed by atoms with van der Waals surface area (Å²) in [6.45, 7) is 1.98. The number of carbonyl (C=O) groups excluding carboxylic acids is 3. The minimum Gasteiger partial charge on any atom is -0.355 e. The number of nitrogens with one attached hydrogen (secondary N) is 3. The maximum absolute atomic E-state index is 12.3. The van der Waals surface area contributed by atoms with Gasteiger partial charge in [-0.25, -0.2) is 0 Å². The van der Waals surface area contributed by atoms with Gasteiger partial charge in [0.05, 0.1) is 15.5 Å². The number of hydrogen-bond acceptors (Lipinski definition) is 5. The van der Waals surface area contributed by atoms with E-state index in [1.54, 1.807) is 0 Å². The molecule has 0 unspecified atom stereocenters. The van der Waals surface area contributed by atoms with Crippen LogP contribution in [0, 0.1) is 10.1 Å². The molecule has 0 aliphatic heterocycles. The van der Waals surface area contributed by atoms with Gasteiger partial charge < -0.3 is 16.0 Å². The standard InChI is InChI=1S/C18H17ClN4O5/c1-11(24)20-8-9-21-17(25)12-2-4-13(5-3-12)22-18(26)15-10-14(23(27)28)6-7-16(15)19/h2-7,10H,8-9H2,1H3,(H,20,24)(H,21,25)(H,22,26). The van der Waals surface area contributed by atoms with Crippen LogP contribution in [0.2, 0.25) is 5.02 Å². The number of rotatable bonds is 7. The van der Waals surface area contributed by atoms with Crippen molar-refractivity contribution in [2.75, 3.05) is 18.4 Å². The van der Waals surface area contributed by atoms with Crippen LogP contribution in [0.5, 0.6) is 0 Å². The molecule has 0 spiro atoms. The number of non-ortho nitro benzene ring substituents is 1. The van der Waals surface area contributed by atoms with Crippen molar-refractivity contribution >= 4 is 40.7 Å². The molecule has 0 saturated heterocycles. The molecule has 28 heavy (non-hydrogen) atoms. The summed E-state index contributed by atoms with van der Waals surface area (Å²) >= 11 is 5.95. The first kappa shape index (κ1) is 20.8. The second-order valence-corrected chi connectivity index (χ2v) is 6.10. The monoisotopic (exact) mass is 404 g/mol. The van der Waals surface area contributed by atoms with Crippen molar-refractivity contribution in [2.45, 2.75) is 6.92 Å². The Bertz CT molecular complexity index is 915. The van der Waals surface area contributed by atoms with Gasteiger partial charge in [0.2, 0.25) is 5.91 Å². The minimum absolute atomic E-state index is 0.0318. The topological polar surface area (TPSA) is 130 Å². The third kappa shape index (κ3) is 5.78. The van der Waals surface area contributed by atoms with E-state index in [1.807, 2.05) is 0 Å². The molecule has 3 amide bonds. The fraction of sp³-hybridized carbons (Fsp3) is 0.167. The van der Waals surface area contributed by atoms with Crippen LogP contribution in [0.15, 0.2) is 42.5 Å². The molecular formula is C18H17ClN4O5. The van der Waals surface area contributed by atoms with Gasteiger partial charge in [-0.05, 0) is 30.3 Å². The molecule has 2 aromatic rings. The lowest BCUT2D eigenvalue weighted by atomic mass is 10.1. The average molecular weight is 405 g/mol. The zero-order valence-electron chi connectivity index (χ0n) is 14.8. The fourth-order valence-electron chi connectivity index (χ4n) is 2.22. The molecule has 9 nitrogen and oxygen atoms in total. The highest BCUT2D eigenvalue weighted by atomic mass is 35.5. The highest BCUT2D eigenvalue weighted by Gasteiger charge is 2.16. The minimum atomic E-state index is -0.619. The quantitative estimate of drug-likeness (QED) is 0.370. The van der Waals surface area contributed by atoms with Crippen LogP contribution in [-0.2, 0) is 4.79 Å². The van der Waals surface area contributed by atoms with Crippen LogP contribution < -0.4 is 16.0 Å². The summed E-state index contributed by atoms with van der Waals surface area (Å²) in [6, 6.07) is 9.64. The molecule has 0 bridgehead atoms. The van der Waals surface area contributed by atoms with Crippen molar-refractivity contribution in [3.05, 3.63) is 68.7 Å². The van der Waals surface area contributed by atoms with Gasteiger partial charge in [-0.1, -0.05) is 11.6 Å². The van der Waals surface area contributed by atoms with Gasteiger partial charge in [0.15, 0.2) is 0 Å². The third-order valence-corrected chi connectivity index (χ3v) is 3.92. The van der Waals surface area contributed by atoms with Crippen LogP contribution in [0.25, 0.3) is 0 Å². The fourth-order valence-corrected chi connectivity index (χ4v) is 2.42. The maximum atomic E-state index is 12.3. The summed E-state index contributed by atoms with van der Waals surface area (Å²) in [5, 5.41) is 18.7. The lowest BCUT2D eigenvalue weighted by Crippen LogP contribution is -2.33. The van der Waals surface area contributed by atoms with E-state index >= 15 is 0 Å². The number of nitro benzene ring substituents is 1. The van der Waals surface area contributed by atoms with Crippen molar-refractivity contribution < 1.29 is 19.3 Å². The molecule has 10 heteroatoms. The molecule has 2 rings (SSSR count). The Morgan fingerprint density at radius 3 is 2.25 bits per heavy atom. The second-order valence-electron chi connectivity index (χ2n) is 5.69. The summed E-state index contributed by atoms with van der Waals surface area (Å²) in [7, 11) is 0. The molecule has 0 aromatic heterocycles. The molecule has 0 aliphatic carbocycles. The number of benzene rings is 2. The zero-order chi connectivity index (χ0) is 20.7. The summed E-state index contributed by atoms with van der Waals surface area (Å²) in [5.41, 5.74) is 0.480. The molecular weight excluding hydrogens is 388 g/mol. The third-order valence-electron chi connectivity index (χ3n) is 3.59. The zero-order valence-corrected chi connectivity index (χ0v) is 15.6. The highest BCUT2D eigenvalue weighted by molar-refractivity contribution is 6.34. The SMILES string of the molecule is CC(=O)NCCNC(=O)c1ccc(NC(=O)c2cc([N+](=O)[O-])ccc2Cl)cc1. The van der Waals surface area contributed by atoms with E-state index in [-0.39, 0.29) is 34.6 Å². The van der Waals surface area contributed by atoms with Gasteiger partial charge in [0.25, 0.3) is 17.5 Å². The first-order chi connectivity index (χ1) is 13.3. The van der Waals surface area contributed by atoms with E-state index in [0.717, 1.165) is 6.07 Å². The number of nitrogens with zero attached hydrogens (tertiary/aromatic N) is 1. The molecule has 0 saturated carbocycles. The lowest BCUT2D eigenvalue weighted by molar-refractivity contribution is -0.384. The second kappa shape index (κ2) is 9.47. The molecule has 0 atom stereocenters. The van der Waals surface area contributed by atoms with Gasteiger partial charge >= 0.3 is 0 Å². The molecule has 3 N–H and O–H groups in total. The Balaban J connectivity index is 1.99. The number of hydrogen-bond donors (Lipinski definition) is 3. The summed E-state index contributed by atoms with van der Waals surface area (Å²) in [4.78, 5) is 45.3.